The van der Waals surface area contributed by atoms with Gasteiger partial charge in [-0.2, -0.15) is 0 Å². The van der Waals surface area contributed by atoms with Gasteiger partial charge in [0.2, 0.25) is 0 Å². The molecule has 0 bridgehead atoms. The molecule has 0 spiro atoms. The first kappa shape index (κ1) is 23.3. The Bertz CT molecular complexity index is 1030. The smallest absolute Gasteiger partial charge is 0.308 e. The van der Waals surface area contributed by atoms with E-state index in [4.69, 9.17) is 23.2 Å². The number of aromatic nitrogens is 1. The molecule has 164 valence electrons. The summed E-state index contributed by atoms with van der Waals surface area (Å²) in [4.78, 5) is 20.7. The van der Waals surface area contributed by atoms with Crippen LogP contribution in [0.3, 0.4) is 0 Å². The lowest BCUT2D eigenvalue weighted by atomic mass is 9.97. The van der Waals surface area contributed by atoms with Crippen LogP contribution in [0.25, 0.3) is 5.70 Å². The molecule has 3 rings (SSSR count). The van der Waals surface area contributed by atoms with E-state index < -0.39 is 11.9 Å². The molecule has 1 aliphatic heterocycles. The van der Waals surface area contributed by atoms with E-state index in [1.807, 2.05) is 31.2 Å². The van der Waals surface area contributed by atoms with Crippen LogP contribution in [0.15, 0.2) is 47.1 Å². The van der Waals surface area contributed by atoms with Crippen molar-refractivity contribution in [3.8, 4) is 0 Å². The molecule has 0 aliphatic carbocycles. The van der Waals surface area contributed by atoms with Gasteiger partial charge in [-0.3, -0.25) is 14.8 Å². The summed E-state index contributed by atoms with van der Waals surface area (Å²) in [5.74, 6) is -0.203. The van der Waals surface area contributed by atoms with Crippen LogP contribution in [0, 0.1) is 18.8 Å². The number of nitrogens with one attached hydrogen (secondary N) is 1. The van der Waals surface area contributed by atoms with Crippen LogP contribution in [0.5, 0.6) is 0 Å². The number of halogens is 2. The van der Waals surface area contributed by atoms with Gasteiger partial charge in [0.15, 0.2) is 0 Å². The number of aliphatic imine (C=N–C) groups is 1. The summed E-state index contributed by atoms with van der Waals surface area (Å²) in [5.41, 5.74) is 4.96. The summed E-state index contributed by atoms with van der Waals surface area (Å²) in [5, 5.41) is 14.1. The minimum Gasteiger partial charge on any atom is -0.481 e. The average molecular weight is 460 g/mol. The number of hydrogen-bond acceptors (Lipinski definition) is 3. The highest BCUT2D eigenvalue weighted by Gasteiger charge is 2.24. The molecule has 2 N–H and O–H groups in total. The normalized spacial score (nSPS) is 16.1. The maximum Gasteiger partial charge on any atom is 0.308 e. The minimum atomic E-state index is -0.856. The van der Waals surface area contributed by atoms with Gasteiger partial charge in [-0.15, -0.1) is 0 Å². The van der Waals surface area contributed by atoms with Crippen molar-refractivity contribution < 1.29 is 9.90 Å². The molecule has 5 nitrogen and oxygen atoms in total. The van der Waals surface area contributed by atoms with Crippen molar-refractivity contribution in [2.45, 2.75) is 40.0 Å². The number of rotatable bonds is 8. The Labute approximate surface area is 193 Å². The number of pyridine rings is 1. The number of hydrogen-bond donors (Lipinski definition) is 2. The molecule has 2 aromatic rings. The molecule has 0 saturated carbocycles. The molecule has 0 fully saturated rings. The molecular formula is C24H27Cl2N3O2. The molecule has 0 saturated heterocycles. The first-order valence-electron chi connectivity index (χ1n) is 10.4. The number of benzene rings is 1. The number of carboxylic acid groups (broad SMARTS) is 1. The summed E-state index contributed by atoms with van der Waals surface area (Å²) in [6.45, 7) is 6.44. The van der Waals surface area contributed by atoms with Crippen molar-refractivity contribution in [1.29, 1.82) is 0 Å². The van der Waals surface area contributed by atoms with Gasteiger partial charge < -0.3 is 10.4 Å². The second kappa shape index (κ2) is 10.3. The van der Waals surface area contributed by atoms with Gasteiger partial charge in [-0.1, -0.05) is 49.2 Å². The third-order valence-corrected chi connectivity index (χ3v) is 6.04. The van der Waals surface area contributed by atoms with Gasteiger partial charge >= 0.3 is 5.97 Å². The second-order valence-electron chi connectivity index (χ2n) is 8.28. The standard InChI is InChI=1S/C24H27Cl2N3O2/c1-14(2)9-18-12-22(29-23(18)17-6-7-20(25)21(26)11-17)28-13-19(24(30)31)10-16-5-4-8-27-15(16)3/h4-8,11,14,19H,9-10,12-13H2,1-3H3,(H,28,29)(H,30,31). The predicted octanol–water partition coefficient (Wildman–Crippen LogP) is 5.79. The van der Waals surface area contributed by atoms with Crippen LogP contribution < -0.4 is 5.32 Å². The fraction of sp³-hybridized carbons (Fsp3) is 0.375. The van der Waals surface area contributed by atoms with E-state index >= 15 is 0 Å². The summed E-state index contributed by atoms with van der Waals surface area (Å²) in [6, 6.07) is 9.32. The van der Waals surface area contributed by atoms with Crippen molar-refractivity contribution in [2.75, 3.05) is 6.54 Å². The molecular weight excluding hydrogens is 433 g/mol. The van der Waals surface area contributed by atoms with E-state index in [0.717, 1.165) is 34.8 Å². The average Bonchev–Trinajstić information content (AvgIpc) is 3.10. The number of aliphatic carboxylic acids is 1. The Morgan fingerprint density at radius 1 is 1.23 bits per heavy atom. The molecule has 31 heavy (non-hydrogen) atoms. The molecule has 1 atom stereocenters. The highest BCUT2D eigenvalue weighted by Crippen LogP contribution is 2.32. The number of carbonyl (C=O) groups is 1. The van der Waals surface area contributed by atoms with Crippen molar-refractivity contribution in [3.63, 3.8) is 0 Å². The van der Waals surface area contributed by atoms with Gasteiger partial charge in [-0.25, -0.2) is 0 Å². The van der Waals surface area contributed by atoms with Gasteiger partial charge in [0.05, 0.1) is 22.5 Å². The van der Waals surface area contributed by atoms with Crippen molar-refractivity contribution in [1.82, 2.24) is 10.3 Å². The number of carboxylic acids is 1. The fourth-order valence-corrected chi connectivity index (χ4v) is 4.00. The molecule has 1 aromatic carbocycles. The topological polar surface area (TPSA) is 74.6 Å². The molecule has 7 heteroatoms. The van der Waals surface area contributed by atoms with E-state index in [1.54, 1.807) is 12.3 Å². The van der Waals surface area contributed by atoms with Crippen molar-refractivity contribution in [2.24, 2.45) is 16.8 Å². The summed E-state index contributed by atoms with van der Waals surface area (Å²) < 4.78 is 0. The van der Waals surface area contributed by atoms with E-state index in [-0.39, 0.29) is 6.54 Å². The second-order valence-corrected chi connectivity index (χ2v) is 9.10. The Hall–Kier alpha value is -2.37. The maximum absolute atomic E-state index is 11.8. The number of nitrogens with zero attached hydrogens (tertiary/aromatic N) is 2. The molecule has 0 radical (unpaired) electrons. The highest BCUT2D eigenvalue weighted by atomic mass is 35.5. The maximum atomic E-state index is 11.8. The van der Waals surface area contributed by atoms with Gasteiger partial charge in [0.1, 0.15) is 5.84 Å². The van der Waals surface area contributed by atoms with Crippen LogP contribution in [0.4, 0.5) is 0 Å². The van der Waals surface area contributed by atoms with Crippen molar-refractivity contribution in [3.05, 3.63) is 69.0 Å². The summed E-state index contributed by atoms with van der Waals surface area (Å²) in [7, 11) is 0. The Kier molecular flexibility index (Phi) is 7.74. The lowest BCUT2D eigenvalue weighted by molar-refractivity contribution is -0.141. The minimum absolute atomic E-state index is 0.204. The van der Waals surface area contributed by atoms with Gasteiger partial charge in [0.25, 0.3) is 0 Å². The Morgan fingerprint density at radius 2 is 2.00 bits per heavy atom. The quantitative estimate of drug-likeness (QED) is 0.523. The zero-order valence-electron chi connectivity index (χ0n) is 18.0. The van der Waals surface area contributed by atoms with Crippen LogP contribution >= 0.6 is 23.2 Å². The van der Waals surface area contributed by atoms with E-state index in [2.05, 4.69) is 29.1 Å². The molecule has 1 aliphatic rings. The predicted molar refractivity (Wildman–Crippen MR) is 127 cm³/mol. The van der Waals surface area contributed by atoms with Gasteiger partial charge in [0, 0.05) is 24.0 Å². The van der Waals surface area contributed by atoms with Crippen LogP contribution in [0.2, 0.25) is 10.0 Å². The van der Waals surface area contributed by atoms with Gasteiger partial charge in [-0.05, 0) is 60.6 Å². The third kappa shape index (κ3) is 6.08. The molecule has 1 aromatic heterocycles. The van der Waals surface area contributed by atoms with Crippen molar-refractivity contribution >= 4 is 40.7 Å². The van der Waals surface area contributed by atoms with E-state index in [0.29, 0.717) is 28.8 Å². The van der Waals surface area contributed by atoms with Crippen LogP contribution in [-0.4, -0.2) is 28.4 Å². The third-order valence-electron chi connectivity index (χ3n) is 5.30. The Balaban J connectivity index is 1.79. The first-order valence-corrected chi connectivity index (χ1v) is 11.1. The zero-order chi connectivity index (χ0) is 22.5. The Morgan fingerprint density at radius 3 is 2.65 bits per heavy atom. The van der Waals surface area contributed by atoms with Crippen LogP contribution in [0.1, 0.15) is 43.5 Å². The lowest BCUT2D eigenvalue weighted by Crippen LogP contribution is -2.23. The highest BCUT2D eigenvalue weighted by molar-refractivity contribution is 6.42. The first-order chi connectivity index (χ1) is 14.7. The molecule has 2 heterocycles. The zero-order valence-corrected chi connectivity index (χ0v) is 19.5. The molecule has 0 amide bonds. The molecule has 1 unspecified atom stereocenters. The lowest BCUT2D eigenvalue weighted by Gasteiger charge is -2.12. The monoisotopic (exact) mass is 459 g/mol. The summed E-state index contributed by atoms with van der Waals surface area (Å²) >= 11 is 12.3. The fourth-order valence-electron chi connectivity index (χ4n) is 3.71. The van der Waals surface area contributed by atoms with E-state index in [1.165, 1.54) is 5.57 Å². The SMILES string of the molecule is Cc1ncccc1CC(CN=C1CC(CC(C)C)=C(c2ccc(Cl)c(Cl)c2)N1)C(=O)O. The summed E-state index contributed by atoms with van der Waals surface area (Å²) in [6.07, 6.45) is 3.70. The largest absolute Gasteiger partial charge is 0.481 e. The van der Waals surface area contributed by atoms with E-state index in [9.17, 15) is 9.90 Å². The number of aryl methyl sites for hydroxylation is 1. The van der Waals surface area contributed by atoms with Crippen LogP contribution in [-0.2, 0) is 11.2 Å². The number of amidine groups is 1.